The van der Waals surface area contributed by atoms with E-state index in [2.05, 4.69) is 20.4 Å². The third-order valence-electron chi connectivity index (χ3n) is 4.86. The molecule has 1 aliphatic heterocycles. The van der Waals surface area contributed by atoms with Gasteiger partial charge in [-0.2, -0.15) is 4.31 Å². The highest BCUT2D eigenvalue weighted by Gasteiger charge is 2.28. The number of guanidine groups is 1. The van der Waals surface area contributed by atoms with E-state index >= 15 is 0 Å². The zero-order valence-electron chi connectivity index (χ0n) is 17.1. The standard InChI is InChI=1S/C20H28FN5O3S/c1-2-22-20(23-9-4-6-17-5-3-7-18(21)15-17)25-10-12-26(13-11-25)30(27,28)16-19-8-14-29-24-19/h3,5,7-8,14-15H,2,4,6,9-13,16H2,1H3,(H,22,23). The van der Waals surface area contributed by atoms with Crippen LogP contribution in [-0.4, -0.2) is 68.0 Å². The number of benzene rings is 1. The van der Waals surface area contributed by atoms with Crippen LogP contribution in [0.15, 0.2) is 46.1 Å². The Labute approximate surface area is 176 Å². The van der Waals surface area contributed by atoms with Gasteiger partial charge in [0.05, 0.1) is 5.69 Å². The number of sulfonamides is 1. The molecular formula is C20H28FN5O3S. The summed E-state index contributed by atoms with van der Waals surface area (Å²) in [5.41, 5.74) is 1.37. The van der Waals surface area contributed by atoms with E-state index in [9.17, 15) is 12.8 Å². The van der Waals surface area contributed by atoms with Crippen molar-refractivity contribution < 1.29 is 17.3 Å². The van der Waals surface area contributed by atoms with E-state index < -0.39 is 10.0 Å². The molecule has 0 radical (unpaired) electrons. The molecule has 8 nitrogen and oxygen atoms in total. The van der Waals surface area contributed by atoms with Crippen molar-refractivity contribution in [2.24, 2.45) is 4.99 Å². The Morgan fingerprint density at radius 2 is 2.07 bits per heavy atom. The first-order valence-corrected chi connectivity index (χ1v) is 11.7. The molecule has 1 fully saturated rings. The molecule has 0 bridgehead atoms. The summed E-state index contributed by atoms with van der Waals surface area (Å²) in [7, 11) is -3.43. The first-order chi connectivity index (χ1) is 14.5. The molecule has 30 heavy (non-hydrogen) atoms. The number of hydrogen-bond acceptors (Lipinski definition) is 5. The molecule has 1 aliphatic rings. The molecule has 2 heterocycles. The quantitative estimate of drug-likeness (QED) is 0.385. The smallest absolute Gasteiger partial charge is 0.220 e. The second-order valence-corrected chi connectivity index (χ2v) is 9.07. The minimum Gasteiger partial charge on any atom is -0.364 e. The Morgan fingerprint density at radius 1 is 1.27 bits per heavy atom. The average Bonchev–Trinajstić information content (AvgIpc) is 3.23. The average molecular weight is 438 g/mol. The van der Waals surface area contributed by atoms with Gasteiger partial charge in [-0.3, -0.25) is 4.99 Å². The fraction of sp³-hybridized carbons (Fsp3) is 0.500. The number of nitrogens with zero attached hydrogens (tertiary/aromatic N) is 4. The number of rotatable bonds is 8. The lowest BCUT2D eigenvalue weighted by Crippen LogP contribution is -2.53. The number of halogens is 1. The minimum absolute atomic E-state index is 0.155. The fourth-order valence-corrected chi connectivity index (χ4v) is 4.78. The second-order valence-electron chi connectivity index (χ2n) is 7.10. The third kappa shape index (κ3) is 6.27. The topological polar surface area (TPSA) is 91.0 Å². The maximum Gasteiger partial charge on any atom is 0.220 e. The molecule has 0 unspecified atom stereocenters. The number of piperazine rings is 1. The molecule has 1 aromatic heterocycles. The summed E-state index contributed by atoms with van der Waals surface area (Å²) in [4.78, 5) is 6.75. The van der Waals surface area contributed by atoms with E-state index in [1.807, 2.05) is 13.0 Å². The van der Waals surface area contributed by atoms with Gasteiger partial charge in [-0.05, 0) is 37.5 Å². The van der Waals surface area contributed by atoms with Crippen molar-refractivity contribution in [2.45, 2.75) is 25.5 Å². The lowest BCUT2D eigenvalue weighted by molar-refractivity contribution is 0.260. The Kier molecular flexibility index (Phi) is 7.81. The van der Waals surface area contributed by atoms with Crippen molar-refractivity contribution in [1.29, 1.82) is 0 Å². The molecule has 0 aliphatic carbocycles. The molecule has 0 atom stereocenters. The van der Waals surface area contributed by atoms with Gasteiger partial charge in [-0.25, -0.2) is 12.8 Å². The lowest BCUT2D eigenvalue weighted by Gasteiger charge is -2.35. The summed E-state index contributed by atoms with van der Waals surface area (Å²) in [6, 6.07) is 8.18. The summed E-state index contributed by atoms with van der Waals surface area (Å²) >= 11 is 0. The molecular weight excluding hydrogens is 409 g/mol. The van der Waals surface area contributed by atoms with Crippen LogP contribution < -0.4 is 5.32 Å². The lowest BCUT2D eigenvalue weighted by atomic mass is 10.1. The minimum atomic E-state index is -3.43. The van der Waals surface area contributed by atoms with Gasteiger partial charge in [0.1, 0.15) is 17.8 Å². The van der Waals surface area contributed by atoms with E-state index in [0.717, 1.165) is 30.9 Å². The zero-order valence-corrected chi connectivity index (χ0v) is 17.9. The highest BCUT2D eigenvalue weighted by molar-refractivity contribution is 7.88. The van der Waals surface area contributed by atoms with E-state index in [4.69, 9.17) is 4.52 Å². The van der Waals surface area contributed by atoms with Crippen molar-refractivity contribution in [1.82, 2.24) is 19.7 Å². The summed E-state index contributed by atoms with van der Waals surface area (Å²) in [6.45, 7) is 5.27. The van der Waals surface area contributed by atoms with Crippen LogP contribution in [0.25, 0.3) is 0 Å². The molecule has 2 aromatic rings. The summed E-state index contributed by atoms with van der Waals surface area (Å²) in [5, 5.41) is 6.97. The maximum atomic E-state index is 13.3. The summed E-state index contributed by atoms with van der Waals surface area (Å²) in [6.07, 6.45) is 2.94. The van der Waals surface area contributed by atoms with E-state index in [1.165, 1.54) is 16.6 Å². The van der Waals surface area contributed by atoms with Gasteiger partial charge in [0.15, 0.2) is 5.96 Å². The molecule has 3 rings (SSSR count). The van der Waals surface area contributed by atoms with Crippen LogP contribution in [0.2, 0.25) is 0 Å². The SMILES string of the molecule is CCNC(=NCCCc1cccc(F)c1)N1CCN(S(=O)(=O)Cc2ccon2)CC1. The van der Waals surface area contributed by atoms with Gasteiger partial charge in [0.25, 0.3) is 0 Å². The van der Waals surface area contributed by atoms with Gasteiger partial charge in [0, 0.05) is 45.3 Å². The van der Waals surface area contributed by atoms with Crippen LogP contribution in [0, 0.1) is 5.82 Å². The molecule has 1 N–H and O–H groups in total. The third-order valence-corrected chi connectivity index (χ3v) is 6.67. The molecule has 0 saturated carbocycles. The Balaban J connectivity index is 1.51. The van der Waals surface area contributed by atoms with Gasteiger partial charge < -0.3 is 14.7 Å². The predicted octanol–water partition coefficient (Wildman–Crippen LogP) is 1.86. The summed E-state index contributed by atoms with van der Waals surface area (Å²) in [5.74, 6) is 0.406. The molecule has 0 amide bonds. The van der Waals surface area contributed by atoms with Crippen LogP contribution in [0.5, 0.6) is 0 Å². The van der Waals surface area contributed by atoms with Crippen LogP contribution >= 0.6 is 0 Å². The zero-order chi connectivity index (χ0) is 21.4. The number of aromatic nitrogens is 1. The van der Waals surface area contributed by atoms with E-state index in [0.29, 0.717) is 38.4 Å². The van der Waals surface area contributed by atoms with Gasteiger partial charge >= 0.3 is 0 Å². The Hall–Kier alpha value is -2.46. The first-order valence-electron chi connectivity index (χ1n) is 10.1. The fourth-order valence-electron chi connectivity index (χ4n) is 3.35. The van der Waals surface area contributed by atoms with Crippen molar-refractivity contribution in [3.63, 3.8) is 0 Å². The molecule has 164 valence electrons. The summed E-state index contributed by atoms with van der Waals surface area (Å²) < 4.78 is 44.6. The largest absolute Gasteiger partial charge is 0.364 e. The number of hydrogen-bond donors (Lipinski definition) is 1. The van der Waals surface area contributed by atoms with Gasteiger partial charge in [-0.1, -0.05) is 17.3 Å². The van der Waals surface area contributed by atoms with E-state index in [1.54, 1.807) is 18.2 Å². The second kappa shape index (κ2) is 10.5. The number of aryl methyl sites for hydroxylation is 1. The van der Waals surface area contributed by atoms with Gasteiger partial charge in [0.2, 0.25) is 10.0 Å². The monoisotopic (exact) mass is 437 g/mol. The molecule has 10 heteroatoms. The van der Waals surface area contributed by atoms with Crippen molar-refractivity contribution in [3.8, 4) is 0 Å². The van der Waals surface area contributed by atoms with Crippen molar-refractivity contribution >= 4 is 16.0 Å². The highest BCUT2D eigenvalue weighted by Crippen LogP contribution is 2.13. The van der Waals surface area contributed by atoms with E-state index in [-0.39, 0.29) is 11.6 Å². The van der Waals surface area contributed by atoms with Crippen LogP contribution in [0.1, 0.15) is 24.6 Å². The van der Waals surface area contributed by atoms with Crippen molar-refractivity contribution in [2.75, 3.05) is 39.3 Å². The Morgan fingerprint density at radius 3 is 2.73 bits per heavy atom. The first kappa shape index (κ1) is 22.2. The highest BCUT2D eigenvalue weighted by atomic mass is 32.2. The van der Waals surface area contributed by atoms with Crippen molar-refractivity contribution in [3.05, 3.63) is 53.7 Å². The molecule has 1 aromatic carbocycles. The van der Waals surface area contributed by atoms with Gasteiger partial charge in [-0.15, -0.1) is 0 Å². The molecule has 0 spiro atoms. The predicted molar refractivity (Wildman–Crippen MR) is 113 cm³/mol. The Bertz CT molecular complexity index is 926. The van der Waals surface area contributed by atoms with Crippen LogP contribution in [0.4, 0.5) is 4.39 Å². The number of nitrogens with one attached hydrogen (secondary N) is 1. The maximum absolute atomic E-state index is 13.3. The van der Waals surface area contributed by atoms with Crippen LogP contribution in [0.3, 0.4) is 0 Å². The normalized spacial score (nSPS) is 16.1. The number of aliphatic imine (C=N–C) groups is 1. The molecule has 1 saturated heterocycles. The van der Waals surface area contributed by atoms with Crippen LogP contribution in [-0.2, 0) is 22.2 Å².